The van der Waals surface area contributed by atoms with E-state index in [1.165, 1.54) is 0 Å². The summed E-state index contributed by atoms with van der Waals surface area (Å²) in [5.74, 6) is 0. The number of halogens is 3. The van der Waals surface area contributed by atoms with Crippen LogP contribution in [-0.2, 0) is 12.7 Å². The molecule has 0 saturated carbocycles. The minimum Gasteiger partial charge on any atom is -0.315 e. The van der Waals surface area contributed by atoms with Gasteiger partial charge >= 0.3 is 6.18 Å². The van der Waals surface area contributed by atoms with E-state index in [0.29, 0.717) is 23.6 Å². The van der Waals surface area contributed by atoms with E-state index in [2.05, 4.69) is 15.2 Å². The summed E-state index contributed by atoms with van der Waals surface area (Å²) in [7, 11) is 0. The summed E-state index contributed by atoms with van der Waals surface area (Å²) < 4.78 is 37.7. The van der Waals surface area contributed by atoms with Gasteiger partial charge in [-0.05, 0) is 25.8 Å². The molecule has 0 aliphatic carbocycles. The molecule has 2 atom stereocenters. The number of nitrogens with zero attached hydrogens (tertiary/aromatic N) is 2. The summed E-state index contributed by atoms with van der Waals surface area (Å²) in [5.41, 5.74) is 0. The first-order valence-electron chi connectivity index (χ1n) is 6.52. The normalized spacial score (nSPS) is 28.6. The largest absolute Gasteiger partial charge is 0.427 e. The molecule has 2 aliphatic heterocycles. The molecular weight excluding hydrogens is 275 g/mol. The smallest absolute Gasteiger partial charge is 0.315 e. The highest BCUT2D eigenvalue weighted by Crippen LogP contribution is 2.35. The molecule has 1 aromatic rings. The monoisotopic (exact) mass is 291 g/mol. The Kier molecular flexibility index (Phi) is 3.53. The van der Waals surface area contributed by atoms with Crippen molar-refractivity contribution in [2.45, 2.75) is 44.1 Å². The molecule has 19 heavy (non-hydrogen) atoms. The van der Waals surface area contributed by atoms with Crippen LogP contribution in [0.2, 0.25) is 0 Å². The lowest BCUT2D eigenvalue weighted by atomic mass is 10.1. The summed E-state index contributed by atoms with van der Waals surface area (Å²) >= 11 is 0.774. The van der Waals surface area contributed by atoms with Crippen molar-refractivity contribution in [2.75, 3.05) is 13.1 Å². The third-order valence-corrected chi connectivity index (χ3v) is 4.98. The number of hydrogen-bond donors (Lipinski definition) is 1. The van der Waals surface area contributed by atoms with E-state index in [4.69, 9.17) is 0 Å². The summed E-state index contributed by atoms with van der Waals surface area (Å²) in [4.78, 5) is 5.68. The van der Waals surface area contributed by atoms with Crippen LogP contribution >= 0.6 is 11.3 Å². The number of nitrogens with one attached hydrogen (secondary N) is 1. The van der Waals surface area contributed by atoms with Crippen LogP contribution < -0.4 is 5.32 Å². The quantitative estimate of drug-likeness (QED) is 0.907. The summed E-state index contributed by atoms with van der Waals surface area (Å²) in [5, 5.41) is 3.96. The average Bonchev–Trinajstić information content (AvgIpc) is 2.84. The maximum Gasteiger partial charge on any atom is 0.427 e. The van der Waals surface area contributed by atoms with Crippen molar-refractivity contribution in [1.29, 1.82) is 0 Å². The molecule has 2 bridgehead atoms. The molecule has 2 saturated heterocycles. The third-order valence-electron chi connectivity index (χ3n) is 3.96. The fourth-order valence-corrected chi connectivity index (χ4v) is 3.80. The van der Waals surface area contributed by atoms with Crippen molar-refractivity contribution in [3.05, 3.63) is 16.1 Å². The predicted octanol–water partition coefficient (Wildman–Crippen LogP) is 2.49. The van der Waals surface area contributed by atoms with Gasteiger partial charge in [0.2, 0.25) is 0 Å². The molecule has 2 fully saturated rings. The number of rotatable bonds is 2. The van der Waals surface area contributed by atoms with E-state index in [-0.39, 0.29) is 0 Å². The van der Waals surface area contributed by atoms with E-state index in [9.17, 15) is 13.2 Å². The van der Waals surface area contributed by atoms with Gasteiger partial charge in [0.1, 0.15) is 9.88 Å². The predicted molar refractivity (Wildman–Crippen MR) is 67.0 cm³/mol. The highest BCUT2D eigenvalue weighted by Gasteiger charge is 2.37. The lowest BCUT2D eigenvalue weighted by molar-refractivity contribution is -0.134. The highest BCUT2D eigenvalue weighted by molar-refractivity contribution is 7.11. The summed E-state index contributed by atoms with van der Waals surface area (Å²) in [6, 6.07) is 0.948. The van der Waals surface area contributed by atoms with Gasteiger partial charge in [0.15, 0.2) is 0 Å². The Morgan fingerprint density at radius 1 is 1.32 bits per heavy atom. The lowest BCUT2D eigenvalue weighted by Crippen LogP contribution is -2.37. The molecule has 7 heteroatoms. The van der Waals surface area contributed by atoms with Crippen LogP contribution in [0.25, 0.3) is 0 Å². The zero-order valence-corrected chi connectivity index (χ0v) is 11.2. The van der Waals surface area contributed by atoms with Gasteiger partial charge in [-0.3, -0.25) is 4.90 Å². The maximum atomic E-state index is 12.6. The molecule has 3 heterocycles. The molecule has 0 radical (unpaired) electrons. The number of alkyl halides is 3. The molecule has 2 aliphatic rings. The number of fused-ring (bicyclic) bond motifs is 2. The standard InChI is InChI=1S/C12H16F3N3S/c13-12(14,15)10-6-17-11(19-10)7-18-8-1-2-9(18)5-16-4-3-8/h6,8-9,16H,1-5,7H2. The van der Waals surface area contributed by atoms with Crippen LogP contribution in [0, 0.1) is 0 Å². The van der Waals surface area contributed by atoms with Crippen molar-refractivity contribution < 1.29 is 13.2 Å². The molecule has 1 N–H and O–H groups in total. The topological polar surface area (TPSA) is 28.2 Å². The van der Waals surface area contributed by atoms with Gasteiger partial charge in [0, 0.05) is 18.6 Å². The fourth-order valence-electron chi connectivity index (χ4n) is 3.01. The number of aromatic nitrogens is 1. The van der Waals surface area contributed by atoms with Crippen molar-refractivity contribution in [2.24, 2.45) is 0 Å². The second-order valence-corrected chi connectivity index (χ2v) is 6.28. The minimum absolute atomic E-state index is 0.450. The minimum atomic E-state index is -4.27. The van der Waals surface area contributed by atoms with Gasteiger partial charge in [-0.1, -0.05) is 0 Å². The SMILES string of the molecule is FC(F)(F)c1cnc(CN2C3CCNCC2CC3)s1. The Balaban J connectivity index is 1.72. The van der Waals surface area contributed by atoms with Crippen molar-refractivity contribution in [3.63, 3.8) is 0 Å². The number of hydrogen-bond acceptors (Lipinski definition) is 4. The average molecular weight is 291 g/mol. The first-order valence-corrected chi connectivity index (χ1v) is 7.34. The van der Waals surface area contributed by atoms with Crippen LogP contribution in [0.1, 0.15) is 29.1 Å². The van der Waals surface area contributed by atoms with Crippen LogP contribution in [-0.4, -0.2) is 35.1 Å². The molecule has 1 aromatic heterocycles. The van der Waals surface area contributed by atoms with Gasteiger partial charge < -0.3 is 5.32 Å². The van der Waals surface area contributed by atoms with Gasteiger partial charge in [-0.2, -0.15) is 13.2 Å². The van der Waals surface area contributed by atoms with Crippen molar-refractivity contribution in [3.8, 4) is 0 Å². The lowest BCUT2D eigenvalue weighted by Gasteiger charge is -2.26. The Morgan fingerprint density at radius 2 is 2.11 bits per heavy atom. The van der Waals surface area contributed by atoms with Gasteiger partial charge in [0.25, 0.3) is 0 Å². The molecule has 106 valence electrons. The van der Waals surface area contributed by atoms with Crippen molar-refractivity contribution >= 4 is 11.3 Å². The second-order valence-electron chi connectivity index (χ2n) is 5.17. The first kappa shape index (κ1) is 13.3. The van der Waals surface area contributed by atoms with Crippen LogP contribution in [0.3, 0.4) is 0 Å². The van der Waals surface area contributed by atoms with Gasteiger partial charge in [0.05, 0.1) is 12.7 Å². The second kappa shape index (κ2) is 5.03. The van der Waals surface area contributed by atoms with E-state index in [1.54, 1.807) is 0 Å². The molecular formula is C12H16F3N3S. The molecule has 3 nitrogen and oxygen atoms in total. The Labute approximate surface area is 113 Å². The first-order chi connectivity index (χ1) is 9.04. The zero-order valence-electron chi connectivity index (χ0n) is 10.4. The highest BCUT2D eigenvalue weighted by atomic mass is 32.1. The van der Waals surface area contributed by atoms with Crippen LogP contribution in [0.5, 0.6) is 0 Å². The van der Waals surface area contributed by atoms with Crippen LogP contribution in [0.4, 0.5) is 13.2 Å². The van der Waals surface area contributed by atoms with E-state index < -0.39 is 11.1 Å². The van der Waals surface area contributed by atoms with E-state index >= 15 is 0 Å². The summed E-state index contributed by atoms with van der Waals surface area (Å²) in [6.45, 7) is 2.50. The fraction of sp³-hybridized carbons (Fsp3) is 0.750. The maximum absolute atomic E-state index is 12.6. The molecule has 0 aromatic carbocycles. The van der Waals surface area contributed by atoms with E-state index in [1.807, 2.05) is 0 Å². The Bertz CT molecular complexity index is 432. The third kappa shape index (κ3) is 2.78. The summed E-state index contributed by atoms with van der Waals surface area (Å²) in [6.07, 6.45) is 0.0558. The zero-order chi connectivity index (χ0) is 13.5. The van der Waals surface area contributed by atoms with E-state index in [0.717, 1.165) is 49.9 Å². The molecule has 0 amide bonds. The Morgan fingerprint density at radius 3 is 2.84 bits per heavy atom. The van der Waals surface area contributed by atoms with Gasteiger partial charge in [-0.25, -0.2) is 4.98 Å². The Hall–Kier alpha value is -0.660. The molecule has 2 unspecified atom stereocenters. The molecule has 3 rings (SSSR count). The molecule has 0 spiro atoms. The van der Waals surface area contributed by atoms with Gasteiger partial charge in [-0.15, -0.1) is 11.3 Å². The van der Waals surface area contributed by atoms with Crippen molar-refractivity contribution in [1.82, 2.24) is 15.2 Å². The van der Waals surface area contributed by atoms with Crippen LogP contribution in [0.15, 0.2) is 6.20 Å². The number of thiazole rings is 1.